The van der Waals surface area contributed by atoms with E-state index in [-0.39, 0.29) is 5.91 Å². The Kier molecular flexibility index (Phi) is 3.25. The number of hydrogen-bond donors (Lipinski definition) is 2. The summed E-state index contributed by atoms with van der Waals surface area (Å²) in [6.45, 7) is 2.16. The van der Waals surface area contributed by atoms with E-state index in [9.17, 15) is 9.59 Å². The van der Waals surface area contributed by atoms with Crippen LogP contribution in [0, 0.1) is 0 Å². The summed E-state index contributed by atoms with van der Waals surface area (Å²) in [4.78, 5) is 21.9. The smallest absolute Gasteiger partial charge is 0.249 e. The van der Waals surface area contributed by atoms with E-state index in [2.05, 4.69) is 5.32 Å². The highest BCUT2D eigenvalue weighted by Crippen LogP contribution is 2.11. The third-order valence-electron chi connectivity index (χ3n) is 2.01. The highest BCUT2D eigenvalue weighted by atomic mass is 16.5. The number of ether oxygens (including phenoxy) is 1. The van der Waals surface area contributed by atoms with Gasteiger partial charge in [-0.15, -0.1) is 0 Å². The summed E-state index contributed by atoms with van der Waals surface area (Å²) in [6, 6.07) is -0.628. The van der Waals surface area contributed by atoms with Crippen LogP contribution in [-0.2, 0) is 14.3 Å². The minimum atomic E-state index is -0.628. The Labute approximate surface area is 76.6 Å². The van der Waals surface area contributed by atoms with Crippen LogP contribution in [0.15, 0.2) is 0 Å². The summed E-state index contributed by atoms with van der Waals surface area (Å²) in [7, 11) is 0. The molecule has 2 amide bonds. The van der Waals surface area contributed by atoms with Crippen molar-refractivity contribution in [1.29, 1.82) is 0 Å². The van der Waals surface area contributed by atoms with Gasteiger partial charge in [-0.3, -0.25) is 9.59 Å². The van der Waals surface area contributed by atoms with Gasteiger partial charge < -0.3 is 15.8 Å². The van der Waals surface area contributed by atoms with Crippen LogP contribution in [0.4, 0.5) is 0 Å². The first-order valence-electron chi connectivity index (χ1n) is 4.32. The molecule has 0 aromatic heterocycles. The van der Waals surface area contributed by atoms with E-state index in [4.69, 9.17) is 10.5 Å². The normalized spacial score (nSPS) is 23.9. The third kappa shape index (κ3) is 2.69. The zero-order chi connectivity index (χ0) is 9.84. The van der Waals surface area contributed by atoms with Crippen molar-refractivity contribution in [3.8, 4) is 0 Å². The molecule has 5 nitrogen and oxygen atoms in total. The summed E-state index contributed by atoms with van der Waals surface area (Å²) >= 11 is 0. The van der Waals surface area contributed by atoms with Crippen molar-refractivity contribution in [2.24, 2.45) is 5.73 Å². The van der Waals surface area contributed by atoms with Crippen molar-refractivity contribution in [3.05, 3.63) is 0 Å². The fourth-order valence-electron chi connectivity index (χ4n) is 1.16. The molecule has 0 saturated carbocycles. The van der Waals surface area contributed by atoms with E-state index in [1.807, 2.05) is 0 Å². The van der Waals surface area contributed by atoms with Crippen molar-refractivity contribution >= 4 is 11.8 Å². The Hall–Kier alpha value is -1.10. The maximum Gasteiger partial charge on any atom is 0.249 e. The van der Waals surface area contributed by atoms with Gasteiger partial charge in [-0.25, -0.2) is 0 Å². The first kappa shape index (κ1) is 9.98. The van der Waals surface area contributed by atoms with Crippen LogP contribution in [-0.4, -0.2) is 30.6 Å². The van der Waals surface area contributed by atoms with Gasteiger partial charge in [0.25, 0.3) is 0 Å². The molecule has 0 aromatic rings. The van der Waals surface area contributed by atoms with Crippen molar-refractivity contribution in [1.82, 2.24) is 5.32 Å². The molecule has 1 saturated heterocycles. The number of carbonyl (C=O) groups excluding carboxylic acids is 2. The molecule has 13 heavy (non-hydrogen) atoms. The summed E-state index contributed by atoms with van der Waals surface area (Å²) in [5.74, 6) is -0.782. The number of carbonyl (C=O) groups is 2. The molecular weight excluding hydrogens is 172 g/mol. The SMILES string of the molecule is C[C@H](NC(=O)[C@@H]1CCCO1)C(N)=O. The van der Waals surface area contributed by atoms with Gasteiger partial charge in [0.15, 0.2) is 0 Å². The molecule has 1 rings (SSSR count). The minimum absolute atomic E-state index is 0.246. The predicted octanol–water partition coefficient (Wildman–Crippen LogP) is -0.845. The molecule has 2 atom stereocenters. The standard InChI is InChI=1S/C8H14N2O3/c1-5(7(9)11)10-8(12)6-3-2-4-13-6/h5-6H,2-4H2,1H3,(H2,9,11)(H,10,12)/t5-,6-/m0/s1. The van der Waals surface area contributed by atoms with E-state index in [0.717, 1.165) is 12.8 Å². The lowest BCUT2D eigenvalue weighted by Gasteiger charge is -2.13. The van der Waals surface area contributed by atoms with Crippen LogP contribution in [0.5, 0.6) is 0 Å². The Morgan fingerprint density at radius 2 is 2.31 bits per heavy atom. The average molecular weight is 186 g/mol. The molecule has 0 radical (unpaired) electrons. The van der Waals surface area contributed by atoms with Gasteiger partial charge in [-0.2, -0.15) is 0 Å². The summed E-state index contributed by atoms with van der Waals surface area (Å²) in [5, 5.41) is 2.48. The quantitative estimate of drug-likeness (QED) is 0.602. The molecule has 0 spiro atoms. The predicted molar refractivity (Wildman–Crippen MR) is 45.8 cm³/mol. The van der Waals surface area contributed by atoms with Crippen molar-refractivity contribution in [2.75, 3.05) is 6.61 Å². The van der Waals surface area contributed by atoms with Gasteiger partial charge in [0.05, 0.1) is 0 Å². The maximum absolute atomic E-state index is 11.3. The van der Waals surface area contributed by atoms with Gasteiger partial charge in [0, 0.05) is 6.61 Å². The highest BCUT2D eigenvalue weighted by molar-refractivity contribution is 5.88. The number of rotatable bonds is 3. The molecule has 74 valence electrons. The number of amides is 2. The van der Waals surface area contributed by atoms with Crippen LogP contribution in [0.2, 0.25) is 0 Å². The lowest BCUT2D eigenvalue weighted by molar-refractivity contribution is -0.133. The first-order chi connectivity index (χ1) is 6.11. The number of hydrogen-bond acceptors (Lipinski definition) is 3. The second-order valence-corrected chi connectivity index (χ2v) is 3.13. The second kappa shape index (κ2) is 4.23. The van der Waals surface area contributed by atoms with E-state index in [0.29, 0.717) is 6.61 Å². The highest BCUT2D eigenvalue weighted by Gasteiger charge is 2.25. The van der Waals surface area contributed by atoms with Gasteiger partial charge in [0.1, 0.15) is 12.1 Å². The van der Waals surface area contributed by atoms with Crippen molar-refractivity contribution < 1.29 is 14.3 Å². The largest absolute Gasteiger partial charge is 0.368 e. The van der Waals surface area contributed by atoms with Crippen molar-refractivity contribution in [3.63, 3.8) is 0 Å². The zero-order valence-electron chi connectivity index (χ0n) is 7.58. The Morgan fingerprint density at radius 3 is 2.77 bits per heavy atom. The van der Waals surface area contributed by atoms with Crippen LogP contribution < -0.4 is 11.1 Å². The summed E-state index contributed by atoms with van der Waals surface area (Å²) in [5.41, 5.74) is 4.99. The first-order valence-corrected chi connectivity index (χ1v) is 4.32. The molecule has 1 heterocycles. The fraction of sp³-hybridized carbons (Fsp3) is 0.750. The monoisotopic (exact) mass is 186 g/mol. The molecule has 1 aliphatic heterocycles. The lowest BCUT2D eigenvalue weighted by Crippen LogP contribution is -2.46. The molecule has 1 aliphatic rings. The Bertz CT molecular complexity index is 211. The summed E-state index contributed by atoms with van der Waals surface area (Å²) < 4.78 is 5.13. The Balaban J connectivity index is 2.35. The number of primary amides is 1. The second-order valence-electron chi connectivity index (χ2n) is 3.13. The fourth-order valence-corrected chi connectivity index (χ4v) is 1.16. The van der Waals surface area contributed by atoms with E-state index in [1.54, 1.807) is 6.92 Å². The molecule has 1 fully saturated rings. The van der Waals surface area contributed by atoms with Crippen LogP contribution in [0.1, 0.15) is 19.8 Å². The van der Waals surface area contributed by atoms with Crippen LogP contribution in [0.3, 0.4) is 0 Å². The topological polar surface area (TPSA) is 81.4 Å². The maximum atomic E-state index is 11.3. The molecule has 0 aromatic carbocycles. The van der Waals surface area contributed by atoms with Gasteiger partial charge in [-0.05, 0) is 19.8 Å². The van der Waals surface area contributed by atoms with Crippen molar-refractivity contribution in [2.45, 2.75) is 31.9 Å². The van der Waals surface area contributed by atoms with E-state index >= 15 is 0 Å². The molecule has 0 unspecified atom stereocenters. The molecule has 3 N–H and O–H groups in total. The molecule has 0 bridgehead atoms. The van der Waals surface area contributed by atoms with Crippen LogP contribution in [0.25, 0.3) is 0 Å². The average Bonchev–Trinajstić information content (AvgIpc) is 2.55. The van der Waals surface area contributed by atoms with Gasteiger partial charge in [-0.1, -0.05) is 0 Å². The van der Waals surface area contributed by atoms with E-state index < -0.39 is 18.1 Å². The number of nitrogens with two attached hydrogens (primary N) is 1. The molecular formula is C8H14N2O3. The lowest BCUT2D eigenvalue weighted by atomic mass is 10.2. The number of nitrogens with one attached hydrogen (secondary N) is 1. The van der Waals surface area contributed by atoms with E-state index in [1.165, 1.54) is 0 Å². The Morgan fingerprint density at radius 1 is 1.62 bits per heavy atom. The zero-order valence-corrected chi connectivity index (χ0v) is 7.58. The summed E-state index contributed by atoms with van der Waals surface area (Å²) in [6.07, 6.45) is 1.21. The minimum Gasteiger partial charge on any atom is -0.368 e. The van der Waals surface area contributed by atoms with Gasteiger partial charge in [0.2, 0.25) is 11.8 Å². The van der Waals surface area contributed by atoms with Gasteiger partial charge >= 0.3 is 0 Å². The molecule has 5 heteroatoms. The third-order valence-corrected chi connectivity index (χ3v) is 2.01. The van der Waals surface area contributed by atoms with Crippen LogP contribution >= 0.6 is 0 Å². The molecule has 0 aliphatic carbocycles.